The molecule has 1 saturated carbocycles. The maximum atomic E-state index is 3.55. The molecular formula is C16H24N2. The Balaban J connectivity index is 1.48. The SMILES string of the molecule is c1cc(NCC2CCC2)ccc1CN1CCCC1. The highest BCUT2D eigenvalue weighted by Gasteiger charge is 2.16. The van der Waals surface area contributed by atoms with Crippen molar-refractivity contribution in [1.82, 2.24) is 4.90 Å². The molecule has 98 valence electrons. The van der Waals surface area contributed by atoms with Crippen molar-refractivity contribution in [3.63, 3.8) is 0 Å². The van der Waals surface area contributed by atoms with Crippen LogP contribution in [0.15, 0.2) is 24.3 Å². The second kappa shape index (κ2) is 5.75. The first-order chi connectivity index (χ1) is 8.90. The Morgan fingerprint density at radius 3 is 2.33 bits per heavy atom. The summed E-state index contributed by atoms with van der Waals surface area (Å²) >= 11 is 0. The van der Waals surface area contributed by atoms with Gasteiger partial charge in [-0.05, 0) is 62.4 Å². The zero-order valence-corrected chi connectivity index (χ0v) is 11.2. The fourth-order valence-electron chi connectivity index (χ4n) is 2.89. The van der Waals surface area contributed by atoms with Crippen LogP contribution in [0.1, 0.15) is 37.7 Å². The van der Waals surface area contributed by atoms with Crippen molar-refractivity contribution in [2.45, 2.75) is 38.6 Å². The maximum Gasteiger partial charge on any atom is 0.0340 e. The lowest BCUT2D eigenvalue weighted by Crippen LogP contribution is -2.21. The van der Waals surface area contributed by atoms with Crippen LogP contribution < -0.4 is 5.32 Å². The van der Waals surface area contributed by atoms with E-state index >= 15 is 0 Å². The minimum Gasteiger partial charge on any atom is -0.385 e. The van der Waals surface area contributed by atoms with Gasteiger partial charge in [-0.3, -0.25) is 4.90 Å². The summed E-state index contributed by atoms with van der Waals surface area (Å²) in [6.07, 6.45) is 7.02. The van der Waals surface area contributed by atoms with E-state index < -0.39 is 0 Å². The molecule has 0 atom stereocenters. The van der Waals surface area contributed by atoms with Gasteiger partial charge in [0.15, 0.2) is 0 Å². The maximum absolute atomic E-state index is 3.55. The predicted molar refractivity (Wildman–Crippen MR) is 76.8 cm³/mol. The largest absolute Gasteiger partial charge is 0.385 e. The molecule has 0 bridgehead atoms. The molecule has 2 aliphatic rings. The summed E-state index contributed by atoms with van der Waals surface area (Å²) < 4.78 is 0. The normalized spacial score (nSPS) is 20.9. The molecule has 1 aliphatic carbocycles. The molecule has 1 saturated heterocycles. The minimum atomic E-state index is 0.925. The molecule has 2 fully saturated rings. The number of anilines is 1. The molecule has 1 N–H and O–H groups in total. The van der Waals surface area contributed by atoms with Gasteiger partial charge in [0.25, 0.3) is 0 Å². The third kappa shape index (κ3) is 3.05. The molecule has 2 nitrogen and oxygen atoms in total. The molecule has 2 heteroatoms. The Hall–Kier alpha value is -1.02. The summed E-state index contributed by atoms with van der Waals surface area (Å²) in [6.45, 7) is 4.84. The second-order valence-electron chi connectivity index (χ2n) is 5.86. The smallest absolute Gasteiger partial charge is 0.0340 e. The van der Waals surface area contributed by atoms with Crippen LogP contribution in [0.5, 0.6) is 0 Å². The quantitative estimate of drug-likeness (QED) is 0.853. The van der Waals surface area contributed by atoms with E-state index in [4.69, 9.17) is 0 Å². The lowest BCUT2D eigenvalue weighted by Gasteiger charge is -2.25. The van der Waals surface area contributed by atoms with E-state index in [1.807, 2.05) is 0 Å². The molecule has 1 aromatic rings. The minimum absolute atomic E-state index is 0.925. The van der Waals surface area contributed by atoms with Gasteiger partial charge in [0.1, 0.15) is 0 Å². The number of rotatable bonds is 5. The number of likely N-dealkylation sites (tertiary alicyclic amines) is 1. The van der Waals surface area contributed by atoms with E-state index in [0.717, 1.165) is 19.0 Å². The van der Waals surface area contributed by atoms with Crippen molar-refractivity contribution in [1.29, 1.82) is 0 Å². The average molecular weight is 244 g/mol. The summed E-state index contributed by atoms with van der Waals surface area (Å²) in [5.41, 5.74) is 2.73. The molecular weight excluding hydrogens is 220 g/mol. The number of nitrogens with one attached hydrogen (secondary N) is 1. The van der Waals surface area contributed by atoms with Crippen LogP contribution in [0.3, 0.4) is 0 Å². The Bertz CT molecular complexity index is 361. The first kappa shape index (κ1) is 12.0. The topological polar surface area (TPSA) is 15.3 Å². The Kier molecular flexibility index (Phi) is 3.84. The van der Waals surface area contributed by atoms with Crippen LogP contribution in [0, 0.1) is 5.92 Å². The Morgan fingerprint density at radius 1 is 1.00 bits per heavy atom. The van der Waals surface area contributed by atoms with E-state index in [9.17, 15) is 0 Å². The van der Waals surface area contributed by atoms with Crippen LogP contribution in [0.4, 0.5) is 5.69 Å². The Labute approximate surface area is 110 Å². The van der Waals surface area contributed by atoms with Gasteiger partial charge >= 0.3 is 0 Å². The van der Waals surface area contributed by atoms with Gasteiger partial charge in [0, 0.05) is 18.8 Å². The van der Waals surface area contributed by atoms with Crippen LogP contribution in [0.25, 0.3) is 0 Å². The second-order valence-corrected chi connectivity index (χ2v) is 5.86. The fourth-order valence-corrected chi connectivity index (χ4v) is 2.89. The van der Waals surface area contributed by atoms with E-state index in [1.54, 1.807) is 0 Å². The fraction of sp³-hybridized carbons (Fsp3) is 0.625. The number of hydrogen-bond acceptors (Lipinski definition) is 2. The molecule has 0 aromatic heterocycles. The molecule has 1 aliphatic heterocycles. The van der Waals surface area contributed by atoms with E-state index in [0.29, 0.717) is 0 Å². The average Bonchev–Trinajstić information content (AvgIpc) is 2.82. The lowest BCUT2D eigenvalue weighted by atomic mass is 9.85. The first-order valence-electron chi connectivity index (χ1n) is 7.45. The summed E-state index contributed by atoms with van der Waals surface area (Å²) in [7, 11) is 0. The van der Waals surface area contributed by atoms with E-state index in [-0.39, 0.29) is 0 Å². The highest BCUT2D eigenvalue weighted by molar-refractivity contribution is 5.44. The van der Waals surface area contributed by atoms with Crippen molar-refractivity contribution in [2.24, 2.45) is 5.92 Å². The molecule has 0 amide bonds. The van der Waals surface area contributed by atoms with Gasteiger partial charge in [-0.2, -0.15) is 0 Å². The summed E-state index contributed by atoms with van der Waals surface area (Å²) in [4.78, 5) is 2.55. The molecule has 0 radical (unpaired) electrons. The first-order valence-corrected chi connectivity index (χ1v) is 7.45. The van der Waals surface area contributed by atoms with E-state index in [2.05, 4.69) is 34.5 Å². The van der Waals surface area contributed by atoms with Crippen LogP contribution in [0.2, 0.25) is 0 Å². The monoisotopic (exact) mass is 244 g/mol. The lowest BCUT2D eigenvalue weighted by molar-refractivity contribution is 0.331. The van der Waals surface area contributed by atoms with Crippen LogP contribution >= 0.6 is 0 Å². The summed E-state index contributed by atoms with van der Waals surface area (Å²) in [6, 6.07) is 9.04. The molecule has 3 rings (SSSR count). The molecule has 18 heavy (non-hydrogen) atoms. The van der Waals surface area contributed by atoms with Gasteiger partial charge in [-0.15, -0.1) is 0 Å². The van der Waals surface area contributed by atoms with Gasteiger partial charge in [0.05, 0.1) is 0 Å². The molecule has 0 spiro atoms. The van der Waals surface area contributed by atoms with Gasteiger partial charge in [-0.25, -0.2) is 0 Å². The van der Waals surface area contributed by atoms with Crippen LogP contribution in [-0.4, -0.2) is 24.5 Å². The van der Waals surface area contributed by atoms with E-state index in [1.165, 1.54) is 56.4 Å². The molecule has 1 heterocycles. The van der Waals surface area contributed by atoms with Gasteiger partial charge in [-0.1, -0.05) is 18.6 Å². The zero-order valence-electron chi connectivity index (χ0n) is 11.2. The van der Waals surface area contributed by atoms with Crippen LogP contribution in [-0.2, 0) is 6.54 Å². The van der Waals surface area contributed by atoms with Crippen molar-refractivity contribution in [3.8, 4) is 0 Å². The standard InChI is InChI=1S/C16H24N2/c1-2-11-18(10-1)13-15-6-8-16(9-7-15)17-12-14-4-3-5-14/h6-9,14,17H,1-5,10-13H2. The summed E-state index contributed by atoms with van der Waals surface area (Å²) in [5.74, 6) is 0.925. The van der Waals surface area contributed by atoms with Crippen molar-refractivity contribution < 1.29 is 0 Å². The highest BCUT2D eigenvalue weighted by atomic mass is 15.1. The third-order valence-electron chi connectivity index (χ3n) is 4.38. The van der Waals surface area contributed by atoms with Gasteiger partial charge in [0.2, 0.25) is 0 Å². The zero-order chi connectivity index (χ0) is 12.2. The highest BCUT2D eigenvalue weighted by Crippen LogP contribution is 2.26. The number of nitrogens with zero attached hydrogens (tertiary/aromatic N) is 1. The number of benzene rings is 1. The van der Waals surface area contributed by atoms with Crippen molar-refractivity contribution in [2.75, 3.05) is 25.0 Å². The summed E-state index contributed by atoms with van der Waals surface area (Å²) in [5, 5.41) is 3.55. The van der Waals surface area contributed by atoms with Crippen molar-refractivity contribution >= 4 is 5.69 Å². The van der Waals surface area contributed by atoms with Gasteiger partial charge < -0.3 is 5.32 Å². The Morgan fingerprint density at radius 2 is 1.72 bits per heavy atom. The van der Waals surface area contributed by atoms with Crippen molar-refractivity contribution in [3.05, 3.63) is 29.8 Å². The number of hydrogen-bond donors (Lipinski definition) is 1. The molecule has 0 unspecified atom stereocenters. The third-order valence-corrected chi connectivity index (χ3v) is 4.38. The molecule has 1 aromatic carbocycles. The predicted octanol–water partition coefficient (Wildman–Crippen LogP) is 3.49.